The largest absolute Gasteiger partial charge is 0.478 e. The number of hydrogen-bond acceptors (Lipinski definition) is 4. The van der Waals surface area contributed by atoms with Gasteiger partial charge in [0.2, 0.25) is 5.91 Å². The molecule has 0 bridgehead atoms. The number of carbonyl (C=O) groups excluding carboxylic acids is 1. The van der Waals surface area contributed by atoms with Crippen LogP contribution in [0.15, 0.2) is 36.4 Å². The lowest BCUT2D eigenvalue weighted by molar-refractivity contribution is 0.0651. The van der Waals surface area contributed by atoms with Crippen molar-refractivity contribution in [3.63, 3.8) is 0 Å². The summed E-state index contributed by atoms with van der Waals surface area (Å²) in [6.07, 6.45) is 0. The molecule has 1 amide bonds. The van der Waals surface area contributed by atoms with Crippen LogP contribution in [0.4, 0.5) is 0 Å². The standard InChI is InChI=1S/C16H11NO7/c17-13(18)11-5-7(1-3-9(11)14(19)20)8-2-4-10(15(21)22)12(6-8)16(23)24/h1-6H,(H2,17,18)(H,19,20)(H,21,22)(H,23,24). The molecule has 0 aromatic heterocycles. The summed E-state index contributed by atoms with van der Waals surface area (Å²) in [5.74, 6) is -5.10. The van der Waals surface area contributed by atoms with E-state index in [1.165, 1.54) is 24.3 Å². The quantitative estimate of drug-likeness (QED) is 0.648. The Morgan fingerprint density at radius 1 is 0.625 bits per heavy atom. The van der Waals surface area contributed by atoms with E-state index in [0.717, 1.165) is 12.1 Å². The number of rotatable bonds is 5. The number of amides is 1. The molecule has 0 heterocycles. The van der Waals surface area contributed by atoms with Crippen LogP contribution >= 0.6 is 0 Å². The Labute approximate surface area is 134 Å². The number of hydrogen-bond donors (Lipinski definition) is 4. The van der Waals surface area contributed by atoms with E-state index in [2.05, 4.69) is 0 Å². The van der Waals surface area contributed by atoms with E-state index in [1.807, 2.05) is 0 Å². The summed E-state index contributed by atoms with van der Waals surface area (Å²) in [5, 5.41) is 27.2. The molecule has 0 fully saturated rings. The predicted octanol–water partition coefficient (Wildman–Crippen LogP) is 1.55. The van der Waals surface area contributed by atoms with Crippen molar-refractivity contribution in [2.45, 2.75) is 0 Å². The van der Waals surface area contributed by atoms with E-state index >= 15 is 0 Å². The molecule has 0 spiro atoms. The second-order valence-electron chi connectivity index (χ2n) is 4.80. The molecule has 0 unspecified atom stereocenters. The van der Waals surface area contributed by atoms with Gasteiger partial charge >= 0.3 is 17.9 Å². The molecule has 0 saturated carbocycles. The molecular formula is C16H11NO7. The number of nitrogens with two attached hydrogens (primary N) is 1. The Kier molecular flexibility index (Phi) is 4.32. The number of primary amides is 1. The zero-order chi connectivity index (χ0) is 18.0. The van der Waals surface area contributed by atoms with Gasteiger partial charge in [0.1, 0.15) is 0 Å². The third-order valence-electron chi connectivity index (χ3n) is 3.33. The van der Waals surface area contributed by atoms with Crippen LogP contribution in [-0.4, -0.2) is 39.1 Å². The number of carboxylic acids is 3. The maximum absolute atomic E-state index is 11.4. The number of carbonyl (C=O) groups is 4. The predicted molar refractivity (Wildman–Crippen MR) is 81.3 cm³/mol. The van der Waals surface area contributed by atoms with Crippen LogP contribution in [0, 0.1) is 0 Å². The Morgan fingerprint density at radius 3 is 1.38 bits per heavy atom. The van der Waals surface area contributed by atoms with Crippen molar-refractivity contribution in [3.05, 3.63) is 58.7 Å². The molecule has 2 rings (SSSR count). The molecule has 0 atom stereocenters. The third kappa shape index (κ3) is 3.07. The summed E-state index contributed by atoms with van der Waals surface area (Å²) < 4.78 is 0. The fraction of sp³-hybridized carbons (Fsp3) is 0. The highest BCUT2D eigenvalue weighted by molar-refractivity contribution is 6.06. The molecule has 5 N–H and O–H groups in total. The summed E-state index contributed by atoms with van der Waals surface area (Å²) >= 11 is 0. The van der Waals surface area contributed by atoms with Gasteiger partial charge in [-0.15, -0.1) is 0 Å². The highest BCUT2D eigenvalue weighted by Crippen LogP contribution is 2.25. The van der Waals surface area contributed by atoms with Crippen LogP contribution in [0.25, 0.3) is 11.1 Å². The van der Waals surface area contributed by atoms with Crippen LogP contribution in [-0.2, 0) is 0 Å². The molecule has 2 aromatic carbocycles. The average molecular weight is 329 g/mol. The van der Waals surface area contributed by atoms with Gasteiger partial charge in [-0.1, -0.05) is 12.1 Å². The van der Waals surface area contributed by atoms with Crippen LogP contribution in [0.1, 0.15) is 41.4 Å². The van der Waals surface area contributed by atoms with Gasteiger partial charge in [-0.25, -0.2) is 14.4 Å². The highest BCUT2D eigenvalue weighted by Gasteiger charge is 2.19. The van der Waals surface area contributed by atoms with Gasteiger partial charge in [0.15, 0.2) is 0 Å². The molecule has 0 radical (unpaired) electrons. The Hall–Kier alpha value is -3.68. The average Bonchev–Trinajstić information content (AvgIpc) is 2.53. The third-order valence-corrected chi connectivity index (χ3v) is 3.33. The summed E-state index contributed by atoms with van der Waals surface area (Å²) in [4.78, 5) is 44.8. The molecule has 8 nitrogen and oxygen atoms in total. The van der Waals surface area contributed by atoms with Gasteiger partial charge in [-0.3, -0.25) is 4.79 Å². The first-order valence-corrected chi connectivity index (χ1v) is 6.50. The van der Waals surface area contributed by atoms with Crippen molar-refractivity contribution in [1.29, 1.82) is 0 Å². The highest BCUT2D eigenvalue weighted by atomic mass is 16.4. The molecule has 0 saturated heterocycles. The molecule has 24 heavy (non-hydrogen) atoms. The van der Waals surface area contributed by atoms with Crippen LogP contribution in [0.5, 0.6) is 0 Å². The zero-order valence-corrected chi connectivity index (χ0v) is 12.0. The SMILES string of the molecule is NC(=O)c1cc(-c2ccc(C(=O)O)c(C(=O)O)c2)ccc1C(=O)O. The topological polar surface area (TPSA) is 155 Å². The van der Waals surface area contributed by atoms with Gasteiger partial charge < -0.3 is 21.1 Å². The molecule has 0 aliphatic carbocycles. The first-order valence-electron chi connectivity index (χ1n) is 6.50. The molecular weight excluding hydrogens is 318 g/mol. The van der Waals surface area contributed by atoms with Crippen LogP contribution in [0.2, 0.25) is 0 Å². The van der Waals surface area contributed by atoms with Crippen molar-refractivity contribution in [2.24, 2.45) is 5.73 Å². The maximum Gasteiger partial charge on any atom is 0.336 e. The number of aromatic carboxylic acids is 3. The summed E-state index contributed by atoms with van der Waals surface area (Å²) in [5.41, 5.74) is 4.46. The molecule has 8 heteroatoms. The van der Waals surface area contributed by atoms with Gasteiger partial charge in [0.05, 0.1) is 22.3 Å². The smallest absolute Gasteiger partial charge is 0.336 e. The van der Waals surface area contributed by atoms with Crippen molar-refractivity contribution in [1.82, 2.24) is 0 Å². The molecule has 122 valence electrons. The monoisotopic (exact) mass is 329 g/mol. The summed E-state index contributed by atoms with van der Waals surface area (Å²) in [6.45, 7) is 0. The number of benzene rings is 2. The second kappa shape index (κ2) is 6.21. The first-order chi connectivity index (χ1) is 11.2. The Bertz CT molecular complexity index is 812. The Morgan fingerprint density at radius 2 is 1.00 bits per heavy atom. The minimum absolute atomic E-state index is 0.237. The second-order valence-corrected chi connectivity index (χ2v) is 4.80. The molecule has 2 aromatic rings. The van der Waals surface area contributed by atoms with Crippen molar-refractivity contribution in [3.8, 4) is 11.1 Å². The molecule has 0 aliphatic heterocycles. The van der Waals surface area contributed by atoms with Crippen molar-refractivity contribution < 1.29 is 34.5 Å². The summed E-state index contributed by atoms with van der Waals surface area (Å²) in [6, 6.07) is 7.37. The molecule has 0 aliphatic rings. The lowest BCUT2D eigenvalue weighted by Crippen LogP contribution is -2.16. The van der Waals surface area contributed by atoms with E-state index in [-0.39, 0.29) is 16.7 Å². The Balaban J connectivity index is 2.64. The van der Waals surface area contributed by atoms with E-state index in [9.17, 15) is 19.2 Å². The van der Waals surface area contributed by atoms with Gasteiger partial charge in [-0.2, -0.15) is 0 Å². The lowest BCUT2D eigenvalue weighted by Gasteiger charge is -2.09. The minimum Gasteiger partial charge on any atom is -0.478 e. The number of carboxylic acid groups (broad SMARTS) is 3. The maximum atomic E-state index is 11.4. The first kappa shape index (κ1) is 16.7. The van der Waals surface area contributed by atoms with E-state index < -0.39 is 29.4 Å². The van der Waals surface area contributed by atoms with E-state index in [0.29, 0.717) is 11.1 Å². The van der Waals surface area contributed by atoms with E-state index in [4.69, 9.17) is 21.1 Å². The van der Waals surface area contributed by atoms with Gasteiger partial charge in [0, 0.05) is 0 Å². The van der Waals surface area contributed by atoms with Crippen LogP contribution in [0.3, 0.4) is 0 Å². The lowest BCUT2D eigenvalue weighted by atomic mass is 9.95. The van der Waals surface area contributed by atoms with E-state index in [1.54, 1.807) is 0 Å². The van der Waals surface area contributed by atoms with Gasteiger partial charge in [0.25, 0.3) is 0 Å². The van der Waals surface area contributed by atoms with Crippen molar-refractivity contribution in [2.75, 3.05) is 0 Å². The summed E-state index contributed by atoms with van der Waals surface area (Å²) in [7, 11) is 0. The fourth-order valence-electron chi connectivity index (χ4n) is 2.20. The van der Waals surface area contributed by atoms with Crippen LogP contribution < -0.4 is 5.73 Å². The minimum atomic E-state index is -1.42. The normalized spacial score (nSPS) is 10.2. The zero-order valence-electron chi connectivity index (χ0n) is 12.0. The van der Waals surface area contributed by atoms with Gasteiger partial charge in [-0.05, 0) is 35.4 Å². The fourth-order valence-corrected chi connectivity index (χ4v) is 2.20. The van der Waals surface area contributed by atoms with Crippen molar-refractivity contribution >= 4 is 23.8 Å².